The van der Waals surface area contributed by atoms with Crippen molar-refractivity contribution in [1.82, 2.24) is 15.5 Å². The van der Waals surface area contributed by atoms with Gasteiger partial charge in [-0.25, -0.2) is 4.79 Å². The van der Waals surface area contributed by atoms with Crippen LogP contribution in [0.3, 0.4) is 0 Å². The highest BCUT2D eigenvalue weighted by atomic mass is 32.2. The Morgan fingerprint density at radius 1 is 1.08 bits per heavy atom. The molecule has 2 rings (SSSR count). The van der Waals surface area contributed by atoms with Crippen LogP contribution >= 0.6 is 11.8 Å². The largest absolute Gasteiger partial charge is 0.355 e. The third-order valence-electron chi connectivity index (χ3n) is 4.72. The predicted octanol–water partition coefficient (Wildman–Crippen LogP) is 3.00. The fraction of sp³-hybridized carbons (Fsp3) is 0.889. The Labute approximate surface area is 150 Å². The van der Waals surface area contributed by atoms with Crippen molar-refractivity contribution < 1.29 is 9.59 Å². The van der Waals surface area contributed by atoms with Crippen LogP contribution in [0.25, 0.3) is 0 Å². The summed E-state index contributed by atoms with van der Waals surface area (Å²) in [5.41, 5.74) is -0.196. The van der Waals surface area contributed by atoms with Gasteiger partial charge in [0, 0.05) is 30.4 Å². The van der Waals surface area contributed by atoms with Crippen LogP contribution in [-0.4, -0.2) is 53.0 Å². The molecular weight excluding hydrogens is 322 g/mol. The molecule has 138 valence electrons. The first-order valence-corrected chi connectivity index (χ1v) is 10.3. The summed E-state index contributed by atoms with van der Waals surface area (Å²) >= 11 is 1.82. The van der Waals surface area contributed by atoms with Gasteiger partial charge < -0.3 is 15.5 Å². The van der Waals surface area contributed by atoms with E-state index in [9.17, 15) is 9.59 Å². The van der Waals surface area contributed by atoms with E-state index in [2.05, 4.69) is 10.6 Å². The minimum absolute atomic E-state index is 0.0259. The van der Waals surface area contributed by atoms with Crippen molar-refractivity contribution in [3.05, 3.63) is 0 Å². The molecule has 6 heteroatoms. The lowest BCUT2D eigenvalue weighted by atomic mass is 9.97. The van der Waals surface area contributed by atoms with Crippen molar-refractivity contribution in [2.75, 3.05) is 25.4 Å². The first kappa shape index (κ1) is 19.4. The molecule has 0 aromatic carbocycles. The summed E-state index contributed by atoms with van der Waals surface area (Å²) in [5.74, 6) is 1.25. The van der Waals surface area contributed by atoms with E-state index in [-0.39, 0.29) is 17.5 Å². The fourth-order valence-electron chi connectivity index (χ4n) is 3.30. The number of amides is 3. The Kier molecular flexibility index (Phi) is 7.26. The van der Waals surface area contributed by atoms with Gasteiger partial charge >= 0.3 is 6.03 Å². The van der Waals surface area contributed by atoms with Crippen LogP contribution in [-0.2, 0) is 4.79 Å². The molecule has 1 heterocycles. The van der Waals surface area contributed by atoms with Crippen molar-refractivity contribution in [2.45, 2.75) is 70.1 Å². The number of rotatable bonds is 5. The Morgan fingerprint density at radius 3 is 2.29 bits per heavy atom. The van der Waals surface area contributed by atoms with Crippen LogP contribution in [0, 0.1) is 5.92 Å². The Balaban J connectivity index is 1.58. The van der Waals surface area contributed by atoms with Crippen molar-refractivity contribution >= 4 is 23.7 Å². The Morgan fingerprint density at radius 2 is 1.71 bits per heavy atom. The third kappa shape index (κ3) is 6.91. The van der Waals surface area contributed by atoms with Gasteiger partial charge in [0.15, 0.2) is 0 Å². The number of hydrogen-bond donors (Lipinski definition) is 2. The zero-order valence-corrected chi connectivity index (χ0v) is 16.2. The average Bonchev–Trinajstić information content (AvgIpc) is 3.03. The number of thioether (sulfide) groups is 1. The van der Waals surface area contributed by atoms with E-state index in [1.807, 2.05) is 37.4 Å². The quantitative estimate of drug-likeness (QED) is 0.797. The second-order valence-corrected chi connectivity index (χ2v) is 9.42. The van der Waals surface area contributed by atoms with Crippen molar-refractivity contribution in [3.8, 4) is 0 Å². The predicted molar refractivity (Wildman–Crippen MR) is 100 cm³/mol. The maximum Gasteiger partial charge on any atom is 0.317 e. The number of piperidine rings is 1. The zero-order valence-electron chi connectivity index (χ0n) is 15.4. The maximum atomic E-state index is 12.1. The highest BCUT2D eigenvalue weighted by Gasteiger charge is 2.25. The van der Waals surface area contributed by atoms with Crippen molar-refractivity contribution in [1.29, 1.82) is 0 Å². The van der Waals surface area contributed by atoms with E-state index in [0.29, 0.717) is 16.9 Å². The molecule has 1 aliphatic heterocycles. The normalized spacial score (nSPS) is 20.2. The lowest BCUT2D eigenvalue weighted by Gasteiger charge is -2.34. The fourth-order valence-corrected chi connectivity index (χ4v) is 4.45. The summed E-state index contributed by atoms with van der Waals surface area (Å²) < 4.78 is 0. The second kappa shape index (κ2) is 8.97. The SMILES string of the molecule is CC(C)(C)NC(=O)N1CCC(CNC(=O)CSC2CCCC2)CC1. The summed E-state index contributed by atoms with van der Waals surface area (Å²) in [7, 11) is 0. The van der Waals surface area contributed by atoms with Crippen LogP contribution in [0.5, 0.6) is 0 Å². The number of carbonyl (C=O) groups excluding carboxylic acids is 2. The number of carbonyl (C=O) groups is 2. The monoisotopic (exact) mass is 355 g/mol. The van der Waals surface area contributed by atoms with Gasteiger partial charge in [-0.15, -0.1) is 11.8 Å². The first-order valence-electron chi connectivity index (χ1n) is 9.29. The van der Waals surface area contributed by atoms with Gasteiger partial charge in [0.25, 0.3) is 0 Å². The van der Waals surface area contributed by atoms with Gasteiger partial charge in [-0.3, -0.25) is 4.79 Å². The highest BCUT2D eigenvalue weighted by molar-refractivity contribution is 8.00. The van der Waals surface area contributed by atoms with Gasteiger partial charge in [-0.05, 0) is 52.4 Å². The van der Waals surface area contributed by atoms with Gasteiger partial charge in [0.05, 0.1) is 5.75 Å². The lowest BCUT2D eigenvalue weighted by Crippen LogP contribution is -2.51. The number of nitrogens with one attached hydrogen (secondary N) is 2. The second-order valence-electron chi connectivity index (χ2n) is 8.13. The van der Waals surface area contributed by atoms with Gasteiger partial charge in [-0.1, -0.05) is 12.8 Å². The molecule has 0 spiro atoms. The lowest BCUT2D eigenvalue weighted by molar-refractivity contribution is -0.118. The number of urea groups is 1. The number of likely N-dealkylation sites (tertiary alicyclic amines) is 1. The van der Waals surface area contributed by atoms with E-state index in [4.69, 9.17) is 0 Å². The Bertz CT molecular complexity index is 422. The van der Waals surface area contributed by atoms with E-state index in [1.165, 1.54) is 25.7 Å². The molecule has 2 fully saturated rings. The molecule has 0 aromatic heterocycles. The highest BCUT2D eigenvalue weighted by Crippen LogP contribution is 2.29. The number of nitrogens with zero attached hydrogens (tertiary/aromatic N) is 1. The van der Waals surface area contributed by atoms with Crippen LogP contribution in [0.2, 0.25) is 0 Å². The minimum atomic E-state index is -0.196. The molecule has 0 radical (unpaired) electrons. The van der Waals surface area contributed by atoms with Gasteiger partial charge in [-0.2, -0.15) is 0 Å². The smallest absolute Gasteiger partial charge is 0.317 e. The zero-order chi connectivity index (χ0) is 17.6. The molecule has 1 saturated carbocycles. The summed E-state index contributed by atoms with van der Waals surface area (Å²) in [6.45, 7) is 8.29. The molecule has 1 saturated heterocycles. The van der Waals surface area contributed by atoms with Crippen molar-refractivity contribution in [2.24, 2.45) is 5.92 Å². The summed E-state index contributed by atoms with van der Waals surface area (Å²) in [6, 6.07) is 0.0259. The molecule has 0 aromatic rings. The standard InChI is InChI=1S/C18H33N3O2S/c1-18(2,3)20-17(23)21-10-8-14(9-11-21)12-19-16(22)13-24-15-6-4-5-7-15/h14-15H,4-13H2,1-3H3,(H,19,22)(H,20,23). The number of hydrogen-bond acceptors (Lipinski definition) is 3. The average molecular weight is 356 g/mol. The van der Waals surface area contributed by atoms with Gasteiger partial charge in [0.2, 0.25) is 5.91 Å². The molecule has 2 N–H and O–H groups in total. The van der Waals surface area contributed by atoms with Crippen LogP contribution in [0.1, 0.15) is 59.3 Å². The molecule has 3 amide bonds. The molecule has 24 heavy (non-hydrogen) atoms. The van der Waals surface area contributed by atoms with Gasteiger partial charge in [0.1, 0.15) is 0 Å². The summed E-state index contributed by atoms with van der Waals surface area (Å²) in [4.78, 5) is 26.0. The van der Waals surface area contributed by atoms with Crippen LogP contribution < -0.4 is 10.6 Å². The van der Waals surface area contributed by atoms with Crippen LogP contribution in [0.4, 0.5) is 4.79 Å². The minimum Gasteiger partial charge on any atom is -0.355 e. The topological polar surface area (TPSA) is 61.4 Å². The van der Waals surface area contributed by atoms with E-state index in [1.54, 1.807) is 0 Å². The van der Waals surface area contributed by atoms with E-state index in [0.717, 1.165) is 32.5 Å². The van der Waals surface area contributed by atoms with Crippen molar-refractivity contribution in [3.63, 3.8) is 0 Å². The summed E-state index contributed by atoms with van der Waals surface area (Å²) in [5, 5.41) is 6.79. The third-order valence-corrected chi connectivity index (χ3v) is 6.10. The molecule has 0 bridgehead atoms. The molecule has 0 unspecified atom stereocenters. The molecular formula is C18H33N3O2S. The van der Waals surface area contributed by atoms with E-state index >= 15 is 0 Å². The molecule has 5 nitrogen and oxygen atoms in total. The molecule has 0 atom stereocenters. The summed E-state index contributed by atoms with van der Waals surface area (Å²) in [6.07, 6.45) is 7.11. The molecule has 2 aliphatic rings. The molecule has 1 aliphatic carbocycles. The first-order chi connectivity index (χ1) is 11.3. The van der Waals surface area contributed by atoms with Crippen LogP contribution in [0.15, 0.2) is 0 Å². The Hall–Kier alpha value is -0.910. The van der Waals surface area contributed by atoms with E-state index < -0.39 is 0 Å². The maximum absolute atomic E-state index is 12.1.